The van der Waals surface area contributed by atoms with Gasteiger partial charge in [-0.15, -0.1) is 0 Å². The minimum atomic E-state index is 0.0306. The molecule has 2 aromatic rings. The molecule has 1 N–H and O–H groups in total. The normalized spacial score (nSPS) is 22.0. The van der Waals surface area contributed by atoms with Gasteiger partial charge in [-0.05, 0) is 43.9 Å². The molecule has 6 nitrogen and oxygen atoms in total. The van der Waals surface area contributed by atoms with E-state index >= 15 is 0 Å². The number of methoxy groups -OCH3 is 2. The zero-order valence-electron chi connectivity index (χ0n) is 15.5. The van der Waals surface area contributed by atoms with Crippen LogP contribution >= 0.6 is 0 Å². The van der Waals surface area contributed by atoms with Crippen LogP contribution in [0.2, 0.25) is 0 Å². The second-order valence-corrected chi connectivity index (χ2v) is 7.26. The Kier molecular flexibility index (Phi) is 4.44. The Balaban J connectivity index is 1.64. The van der Waals surface area contributed by atoms with E-state index in [1.807, 2.05) is 13.0 Å². The number of hydrogen-bond donors (Lipinski definition) is 1. The molecular formula is C20H25N3O3. The maximum Gasteiger partial charge on any atom is 0.254 e. The molecule has 1 fully saturated rings. The molecule has 6 heteroatoms. The maximum absolute atomic E-state index is 12.4. The van der Waals surface area contributed by atoms with Crippen molar-refractivity contribution in [2.24, 2.45) is 0 Å². The molecule has 0 aliphatic carbocycles. The van der Waals surface area contributed by atoms with Gasteiger partial charge >= 0.3 is 0 Å². The van der Waals surface area contributed by atoms with E-state index in [2.05, 4.69) is 27.0 Å². The van der Waals surface area contributed by atoms with Crippen molar-refractivity contribution in [3.05, 3.63) is 51.2 Å². The van der Waals surface area contributed by atoms with Gasteiger partial charge in [0.1, 0.15) is 17.3 Å². The number of fused-ring (bicyclic) bond motifs is 3. The molecule has 138 valence electrons. The average Bonchev–Trinajstić information content (AvgIpc) is 2.90. The number of aromatic amines is 1. The summed E-state index contributed by atoms with van der Waals surface area (Å²) in [4.78, 5) is 22.4. The van der Waals surface area contributed by atoms with E-state index in [9.17, 15) is 4.79 Å². The number of aryl methyl sites for hydroxylation is 1. The quantitative estimate of drug-likeness (QED) is 0.911. The first-order chi connectivity index (χ1) is 12.6. The number of aromatic nitrogens is 2. The molecule has 0 unspecified atom stereocenters. The van der Waals surface area contributed by atoms with Crippen LogP contribution in [0.4, 0.5) is 0 Å². The predicted octanol–water partition coefficient (Wildman–Crippen LogP) is 2.23. The Hall–Kier alpha value is -2.34. The topological polar surface area (TPSA) is 67.5 Å². The van der Waals surface area contributed by atoms with Crippen molar-refractivity contribution in [1.82, 2.24) is 14.9 Å². The predicted molar refractivity (Wildman–Crippen MR) is 98.9 cm³/mol. The highest BCUT2D eigenvalue weighted by molar-refractivity contribution is 5.38. The van der Waals surface area contributed by atoms with Gasteiger partial charge in [0.2, 0.25) is 0 Å². The fourth-order valence-corrected chi connectivity index (χ4v) is 4.39. The second-order valence-electron chi connectivity index (χ2n) is 7.26. The third-order valence-corrected chi connectivity index (χ3v) is 5.64. The summed E-state index contributed by atoms with van der Waals surface area (Å²) in [5.41, 5.74) is 3.05. The summed E-state index contributed by atoms with van der Waals surface area (Å²) in [5.74, 6) is 2.31. The molecule has 26 heavy (non-hydrogen) atoms. The summed E-state index contributed by atoms with van der Waals surface area (Å²) in [6.45, 7) is 2.68. The van der Waals surface area contributed by atoms with Crippen LogP contribution < -0.4 is 15.0 Å². The Morgan fingerprint density at radius 3 is 2.42 bits per heavy atom. The lowest BCUT2D eigenvalue weighted by Gasteiger charge is -2.28. The van der Waals surface area contributed by atoms with Gasteiger partial charge in [0.15, 0.2) is 0 Å². The molecular weight excluding hydrogens is 330 g/mol. The number of H-pyrrole nitrogens is 1. The minimum absolute atomic E-state index is 0.0306. The van der Waals surface area contributed by atoms with Crippen LogP contribution in [0.3, 0.4) is 0 Å². The van der Waals surface area contributed by atoms with Crippen LogP contribution in [0.5, 0.6) is 11.5 Å². The highest BCUT2D eigenvalue weighted by Crippen LogP contribution is 2.34. The van der Waals surface area contributed by atoms with Crippen molar-refractivity contribution < 1.29 is 9.47 Å². The second kappa shape index (κ2) is 6.76. The highest BCUT2D eigenvalue weighted by atomic mass is 16.5. The molecule has 1 saturated heterocycles. The molecule has 0 spiro atoms. The number of benzene rings is 1. The van der Waals surface area contributed by atoms with E-state index in [4.69, 9.17) is 9.47 Å². The smallest absolute Gasteiger partial charge is 0.254 e. The first kappa shape index (κ1) is 17.1. The summed E-state index contributed by atoms with van der Waals surface area (Å²) in [5, 5.41) is 0. The average molecular weight is 355 g/mol. The molecule has 0 radical (unpaired) electrons. The van der Waals surface area contributed by atoms with Crippen LogP contribution in [0.1, 0.15) is 35.5 Å². The zero-order chi connectivity index (χ0) is 18.3. The fraction of sp³-hybridized carbons (Fsp3) is 0.500. The molecule has 0 saturated carbocycles. The lowest BCUT2D eigenvalue weighted by molar-refractivity contribution is 0.187. The van der Waals surface area contributed by atoms with E-state index in [1.165, 1.54) is 5.56 Å². The molecule has 2 aliphatic heterocycles. The van der Waals surface area contributed by atoms with E-state index in [1.54, 1.807) is 14.2 Å². The van der Waals surface area contributed by atoms with Crippen LogP contribution in [-0.2, 0) is 19.4 Å². The van der Waals surface area contributed by atoms with Crippen molar-refractivity contribution in [3.63, 3.8) is 0 Å². The lowest BCUT2D eigenvalue weighted by Crippen LogP contribution is -2.36. The molecule has 1 aromatic heterocycles. The van der Waals surface area contributed by atoms with Crippen molar-refractivity contribution in [3.8, 4) is 11.5 Å². The van der Waals surface area contributed by atoms with Crippen LogP contribution in [0.15, 0.2) is 23.0 Å². The Morgan fingerprint density at radius 2 is 1.77 bits per heavy atom. The van der Waals surface area contributed by atoms with Crippen LogP contribution in [0, 0.1) is 6.92 Å². The van der Waals surface area contributed by atoms with Crippen molar-refractivity contribution in [2.45, 2.75) is 51.2 Å². The molecule has 2 atom stereocenters. The van der Waals surface area contributed by atoms with E-state index in [0.29, 0.717) is 17.9 Å². The molecule has 2 bridgehead atoms. The molecule has 1 aromatic carbocycles. The van der Waals surface area contributed by atoms with E-state index in [0.717, 1.165) is 55.0 Å². The largest absolute Gasteiger partial charge is 0.497 e. The number of hydrogen-bond acceptors (Lipinski definition) is 5. The van der Waals surface area contributed by atoms with E-state index in [-0.39, 0.29) is 5.56 Å². The first-order valence-electron chi connectivity index (χ1n) is 9.13. The van der Waals surface area contributed by atoms with Gasteiger partial charge in [0.25, 0.3) is 5.56 Å². The number of ether oxygens (including phenoxy) is 2. The third-order valence-electron chi connectivity index (χ3n) is 5.64. The van der Waals surface area contributed by atoms with Gasteiger partial charge in [-0.3, -0.25) is 9.69 Å². The minimum Gasteiger partial charge on any atom is -0.497 e. The third kappa shape index (κ3) is 3.09. The van der Waals surface area contributed by atoms with Gasteiger partial charge in [0, 0.05) is 36.7 Å². The zero-order valence-corrected chi connectivity index (χ0v) is 15.5. The summed E-state index contributed by atoms with van der Waals surface area (Å²) in [6, 6.07) is 6.82. The Morgan fingerprint density at radius 1 is 1.12 bits per heavy atom. The summed E-state index contributed by atoms with van der Waals surface area (Å²) < 4.78 is 10.8. The van der Waals surface area contributed by atoms with Crippen molar-refractivity contribution in [2.75, 3.05) is 14.2 Å². The van der Waals surface area contributed by atoms with Gasteiger partial charge in [0.05, 0.1) is 19.9 Å². The maximum atomic E-state index is 12.4. The number of rotatable bonds is 4. The summed E-state index contributed by atoms with van der Waals surface area (Å²) in [7, 11) is 3.34. The molecule has 3 heterocycles. The monoisotopic (exact) mass is 355 g/mol. The first-order valence-corrected chi connectivity index (χ1v) is 9.13. The van der Waals surface area contributed by atoms with Crippen LogP contribution in [-0.4, -0.2) is 41.2 Å². The molecule has 4 rings (SSSR count). The van der Waals surface area contributed by atoms with E-state index < -0.39 is 0 Å². The van der Waals surface area contributed by atoms with Gasteiger partial charge < -0.3 is 14.5 Å². The highest BCUT2D eigenvalue weighted by Gasteiger charge is 2.38. The standard InChI is InChI=1S/C20H25N3O3/c1-12-21-19-9-15-5-4-14(8-18(19)20(24)22-12)23(15)11-13-6-16(25-2)10-17(7-13)26-3/h6-7,10,14-15H,4-5,8-9,11H2,1-3H3,(H,21,22,24)/t14-,15-/m0/s1. The number of nitrogens with zero attached hydrogens (tertiary/aromatic N) is 2. The van der Waals surface area contributed by atoms with Gasteiger partial charge in [-0.2, -0.15) is 0 Å². The van der Waals surface area contributed by atoms with Gasteiger partial charge in [-0.1, -0.05) is 0 Å². The van der Waals surface area contributed by atoms with Gasteiger partial charge in [-0.25, -0.2) is 4.98 Å². The molecule has 0 amide bonds. The Labute approximate surface area is 153 Å². The van der Waals surface area contributed by atoms with Crippen molar-refractivity contribution >= 4 is 0 Å². The summed E-state index contributed by atoms with van der Waals surface area (Å²) in [6.07, 6.45) is 3.89. The number of nitrogens with one attached hydrogen (secondary N) is 1. The fourth-order valence-electron chi connectivity index (χ4n) is 4.39. The van der Waals surface area contributed by atoms with Crippen molar-refractivity contribution in [1.29, 1.82) is 0 Å². The SMILES string of the molecule is COc1cc(CN2[C@H]3CC[C@H]2Cc2c(nc(C)[nH]c2=O)C3)cc(OC)c1. The summed E-state index contributed by atoms with van der Waals surface area (Å²) >= 11 is 0. The molecule has 2 aliphatic rings. The lowest BCUT2D eigenvalue weighted by atomic mass is 9.98. The Bertz CT molecular complexity index is 855. The van der Waals surface area contributed by atoms with Crippen LogP contribution in [0.25, 0.3) is 0 Å².